The van der Waals surface area contributed by atoms with Crippen LogP contribution in [0, 0.1) is 5.82 Å². The first-order chi connectivity index (χ1) is 11.3. The second kappa shape index (κ2) is 6.08. The van der Waals surface area contributed by atoms with Crippen LogP contribution in [-0.4, -0.2) is 17.3 Å². The Morgan fingerprint density at radius 3 is 2.62 bits per heavy atom. The molecule has 0 saturated carbocycles. The zero-order chi connectivity index (χ0) is 17.3. The number of carbonyl (C=O) groups is 1. The second-order valence-electron chi connectivity index (χ2n) is 4.63. The molecular weight excluding hydrogens is 348 g/mol. The first-order valence-electron chi connectivity index (χ1n) is 6.54. The maximum atomic E-state index is 13.6. The minimum Gasteiger partial charge on any atom is -0.406 e. The van der Waals surface area contributed by atoms with Gasteiger partial charge in [-0.05, 0) is 24.3 Å². The molecule has 0 atom stereocenters. The first kappa shape index (κ1) is 16.2. The van der Waals surface area contributed by atoms with Crippen LogP contribution in [-0.2, 0) is 0 Å². The molecule has 0 saturated heterocycles. The number of ether oxygens (including phenoxy) is 1. The highest BCUT2D eigenvalue weighted by Crippen LogP contribution is 2.31. The van der Waals surface area contributed by atoms with E-state index in [2.05, 4.69) is 15.0 Å². The number of hydrogen-bond donors (Lipinski definition) is 1. The Kier molecular flexibility index (Phi) is 4.10. The van der Waals surface area contributed by atoms with Crippen LogP contribution in [0.1, 0.15) is 10.4 Å². The molecule has 0 fully saturated rings. The molecule has 4 nitrogen and oxygen atoms in total. The summed E-state index contributed by atoms with van der Waals surface area (Å²) in [7, 11) is 0. The van der Waals surface area contributed by atoms with Crippen LogP contribution in [0.25, 0.3) is 10.2 Å². The quantitative estimate of drug-likeness (QED) is 0.699. The third-order valence-corrected chi connectivity index (χ3v) is 3.87. The van der Waals surface area contributed by atoms with E-state index < -0.39 is 18.1 Å². The number of carbonyl (C=O) groups excluding carboxylic acids is 1. The molecule has 3 rings (SSSR count). The Bertz CT molecular complexity index is 908. The van der Waals surface area contributed by atoms with E-state index in [1.165, 1.54) is 30.3 Å². The molecule has 0 aliphatic rings. The fraction of sp³-hybridized carbons (Fsp3) is 0.0667. The Labute approximate surface area is 136 Å². The van der Waals surface area contributed by atoms with Gasteiger partial charge in [0, 0.05) is 6.07 Å². The van der Waals surface area contributed by atoms with Gasteiger partial charge in [0.2, 0.25) is 0 Å². The number of nitrogens with one attached hydrogen (secondary N) is 1. The smallest absolute Gasteiger partial charge is 0.406 e. The van der Waals surface area contributed by atoms with E-state index in [-0.39, 0.29) is 16.4 Å². The number of rotatable bonds is 3. The maximum absolute atomic E-state index is 13.6. The summed E-state index contributed by atoms with van der Waals surface area (Å²) >= 11 is 0.953. The minimum absolute atomic E-state index is 0.141. The molecule has 1 heterocycles. The lowest BCUT2D eigenvalue weighted by Gasteiger charge is -2.07. The molecule has 1 aromatic heterocycles. The Morgan fingerprint density at radius 1 is 1.17 bits per heavy atom. The number of halogens is 4. The number of hydrogen-bond acceptors (Lipinski definition) is 4. The largest absolute Gasteiger partial charge is 0.573 e. The highest BCUT2D eigenvalue weighted by atomic mass is 32.1. The molecule has 0 radical (unpaired) electrons. The number of benzene rings is 2. The topological polar surface area (TPSA) is 51.2 Å². The first-order valence-corrected chi connectivity index (χ1v) is 7.36. The van der Waals surface area contributed by atoms with Crippen LogP contribution in [0.4, 0.5) is 22.7 Å². The lowest BCUT2D eigenvalue weighted by molar-refractivity contribution is -0.274. The summed E-state index contributed by atoms with van der Waals surface area (Å²) in [6.45, 7) is 0. The summed E-state index contributed by atoms with van der Waals surface area (Å²) in [5, 5.41) is 2.56. The van der Waals surface area contributed by atoms with Gasteiger partial charge in [-0.25, -0.2) is 9.37 Å². The second-order valence-corrected chi connectivity index (χ2v) is 5.66. The van der Waals surface area contributed by atoms with Crippen molar-refractivity contribution in [1.82, 2.24) is 4.98 Å². The van der Waals surface area contributed by atoms with Gasteiger partial charge in [-0.15, -0.1) is 13.2 Å². The van der Waals surface area contributed by atoms with E-state index in [0.29, 0.717) is 10.2 Å². The van der Waals surface area contributed by atoms with Crippen molar-refractivity contribution in [2.24, 2.45) is 0 Å². The zero-order valence-corrected chi connectivity index (χ0v) is 12.5. The molecule has 0 unspecified atom stereocenters. The molecule has 9 heteroatoms. The van der Waals surface area contributed by atoms with Crippen molar-refractivity contribution in [3.8, 4) is 5.75 Å². The molecule has 1 amide bonds. The van der Waals surface area contributed by atoms with Gasteiger partial charge in [-0.2, -0.15) is 0 Å². The summed E-state index contributed by atoms with van der Waals surface area (Å²) in [5.74, 6) is -1.76. The number of alkyl halides is 3. The summed E-state index contributed by atoms with van der Waals surface area (Å²) < 4.78 is 54.4. The number of fused-ring (bicyclic) bond motifs is 1. The van der Waals surface area contributed by atoms with Gasteiger partial charge in [0.05, 0.1) is 15.8 Å². The Morgan fingerprint density at radius 2 is 1.92 bits per heavy atom. The SMILES string of the molecule is O=C(Nc1nc2ccc(OC(F)(F)F)cc2s1)c1ccccc1F. The van der Waals surface area contributed by atoms with E-state index >= 15 is 0 Å². The van der Waals surface area contributed by atoms with Crippen LogP contribution >= 0.6 is 11.3 Å². The van der Waals surface area contributed by atoms with Gasteiger partial charge in [-0.1, -0.05) is 23.5 Å². The van der Waals surface area contributed by atoms with Gasteiger partial charge >= 0.3 is 6.36 Å². The fourth-order valence-corrected chi connectivity index (χ4v) is 2.85. The average molecular weight is 356 g/mol. The van der Waals surface area contributed by atoms with Crippen molar-refractivity contribution in [2.45, 2.75) is 6.36 Å². The molecule has 124 valence electrons. The van der Waals surface area contributed by atoms with Crippen molar-refractivity contribution in [2.75, 3.05) is 5.32 Å². The van der Waals surface area contributed by atoms with E-state index in [9.17, 15) is 22.4 Å². The van der Waals surface area contributed by atoms with Gasteiger partial charge in [0.25, 0.3) is 5.91 Å². The van der Waals surface area contributed by atoms with Gasteiger partial charge in [-0.3, -0.25) is 10.1 Å². The number of anilines is 1. The zero-order valence-electron chi connectivity index (χ0n) is 11.7. The molecule has 0 aliphatic heterocycles. The van der Waals surface area contributed by atoms with Gasteiger partial charge in [0.1, 0.15) is 11.6 Å². The third kappa shape index (κ3) is 3.62. The van der Waals surface area contributed by atoms with Crippen molar-refractivity contribution < 1.29 is 27.1 Å². The molecule has 3 aromatic rings. The summed E-state index contributed by atoms with van der Waals surface area (Å²) in [6.07, 6.45) is -4.79. The predicted molar refractivity (Wildman–Crippen MR) is 80.7 cm³/mol. The molecule has 0 aliphatic carbocycles. The van der Waals surface area contributed by atoms with Crippen molar-refractivity contribution in [1.29, 1.82) is 0 Å². The van der Waals surface area contributed by atoms with E-state index in [4.69, 9.17) is 0 Å². The standard InChI is InChI=1S/C15H8F4N2O2S/c16-10-4-2-1-3-9(10)13(22)21-14-20-11-6-5-8(7-12(11)24-14)23-15(17,18)19/h1-7H,(H,20,21,22). The monoisotopic (exact) mass is 356 g/mol. The molecule has 0 spiro atoms. The number of amides is 1. The third-order valence-electron chi connectivity index (χ3n) is 2.93. The Balaban J connectivity index is 1.83. The van der Waals surface area contributed by atoms with Crippen LogP contribution in [0.5, 0.6) is 5.75 Å². The number of thiazole rings is 1. The average Bonchev–Trinajstić information content (AvgIpc) is 2.87. The van der Waals surface area contributed by atoms with Crippen molar-refractivity contribution in [3.63, 3.8) is 0 Å². The van der Waals surface area contributed by atoms with Crippen molar-refractivity contribution in [3.05, 3.63) is 53.8 Å². The van der Waals surface area contributed by atoms with E-state index in [0.717, 1.165) is 23.5 Å². The van der Waals surface area contributed by atoms with Gasteiger partial charge < -0.3 is 4.74 Å². The number of aromatic nitrogens is 1. The molecule has 24 heavy (non-hydrogen) atoms. The van der Waals surface area contributed by atoms with Crippen LogP contribution < -0.4 is 10.1 Å². The van der Waals surface area contributed by atoms with Crippen LogP contribution in [0.3, 0.4) is 0 Å². The maximum Gasteiger partial charge on any atom is 0.573 e. The van der Waals surface area contributed by atoms with Crippen molar-refractivity contribution >= 4 is 32.6 Å². The summed E-state index contributed by atoms with van der Waals surface area (Å²) in [4.78, 5) is 16.1. The minimum atomic E-state index is -4.79. The number of nitrogens with zero attached hydrogens (tertiary/aromatic N) is 1. The predicted octanol–water partition coefficient (Wildman–Crippen LogP) is 4.59. The van der Waals surface area contributed by atoms with Gasteiger partial charge in [0.15, 0.2) is 5.13 Å². The van der Waals surface area contributed by atoms with E-state index in [1.54, 1.807) is 0 Å². The lowest BCUT2D eigenvalue weighted by Crippen LogP contribution is -2.16. The normalized spacial score (nSPS) is 11.5. The lowest BCUT2D eigenvalue weighted by atomic mass is 10.2. The molecule has 2 aromatic carbocycles. The Hall–Kier alpha value is -2.68. The molecule has 0 bridgehead atoms. The van der Waals surface area contributed by atoms with E-state index in [1.807, 2.05) is 0 Å². The van der Waals surface area contributed by atoms with Crippen LogP contribution in [0.2, 0.25) is 0 Å². The summed E-state index contributed by atoms with van der Waals surface area (Å²) in [5.41, 5.74) is 0.233. The van der Waals surface area contributed by atoms with Crippen LogP contribution in [0.15, 0.2) is 42.5 Å². The summed E-state index contributed by atoms with van der Waals surface area (Å²) in [6, 6.07) is 9.05. The molecular formula is C15H8F4N2O2S. The fourth-order valence-electron chi connectivity index (χ4n) is 1.97. The highest BCUT2D eigenvalue weighted by Gasteiger charge is 2.31. The molecule has 1 N–H and O–H groups in total. The highest BCUT2D eigenvalue weighted by molar-refractivity contribution is 7.22.